The maximum Gasteiger partial charge on any atom is 0.254 e. The molecule has 0 fully saturated rings. The van der Waals surface area contributed by atoms with Gasteiger partial charge in [0, 0.05) is 43.0 Å². The van der Waals surface area contributed by atoms with Gasteiger partial charge in [-0.25, -0.2) is 18.7 Å². The summed E-state index contributed by atoms with van der Waals surface area (Å²) in [5.74, 6) is -1.13. The highest BCUT2D eigenvalue weighted by atomic mass is 19.1. The summed E-state index contributed by atoms with van der Waals surface area (Å²) in [4.78, 5) is 24.3. The molecule has 1 amide bonds. The lowest BCUT2D eigenvalue weighted by Gasteiger charge is -2.06. The molecule has 0 atom stereocenters. The van der Waals surface area contributed by atoms with Gasteiger partial charge < -0.3 is 5.32 Å². The van der Waals surface area contributed by atoms with Crippen molar-refractivity contribution in [1.82, 2.24) is 20.3 Å². The predicted molar refractivity (Wildman–Crippen MR) is 87.7 cm³/mol. The van der Waals surface area contributed by atoms with Crippen molar-refractivity contribution in [2.24, 2.45) is 0 Å². The van der Waals surface area contributed by atoms with Crippen LogP contribution in [0.5, 0.6) is 0 Å². The van der Waals surface area contributed by atoms with E-state index in [2.05, 4.69) is 20.3 Å². The molecule has 0 spiro atoms. The Hall–Kier alpha value is -3.22. The van der Waals surface area contributed by atoms with Crippen LogP contribution in [-0.4, -0.2) is 27.4 Å². The van der Waals surface area contributed by atoms with Crippen molar-refractivity contribution in [3.8, 4) is 11.4 Å². The van der Waals surface area contributed by atoms with Gasteiger partial charge in [-0.05, 0) is 36.2 Å². The first-order valence-corrected chi connectivity index (χ1v) is 7.57. The van der Waals surface area contributed by atoms with Crippen LogP contribution in [-0.2, 0) is 6.42 Å². The molecule has 0 saturated heterocycles. The molecule has 0 radical (unpaired) electrons. The van der Waals surface area contributed by atoms with Crippen LogP contribution in [0.4, 0.5) is 8.78 Å². The maximum absolute atomic E-state index is 13.1. The van der Waals surface area contributed by atoms with Gasteiger partial charge in [0.05, 0.1) is 5.56 Å². The number of hydrogen-bond acceptors (Lipinski definition) is 4. The van der Waals surface area contributed by atoms with Gasteiger partial charge in [0.25, 0.3) is 5.91 Å². The van der Waals surface area contributed by atoms with Gasteiger partial charge >= 0.3 is 0 Å². The fourth-order valence-electron chi connectivity index (χ4n) is 2.27. The van der Waals surface area contributed by atoms with E-state index in [1.807, 2.05) is 0 Å². The van der Waals surface area contributed by atoms with E-state index in [4.69, 9.17) is 0 Å². The molecule has 0 unspecified atom stereocenters. The summed E-state index contributed by atoms with van der Waals surface area (Å²) in [6, 6.07) is 6.83. The van der Waals surface area contributed by atoms with Crippen LogP contribution < -0.4 is 5.32 Å². The highest BCUT2D eigenvalue weighted by molar-refractivity contribution is 5.93. The molecular weight excluding hydrogens is 326 g/mol. The summed E-state index contributed by atoms with van der Waals surface area (Å²) < 4.78 is 26.2. The Morgan fingerprint density at radius 3 is 2.28 bits per heavy atom. The molecule has 0 aliphatic rings. The predicted octanol–water partition coefficient (Wildman–Crippen LogP) is 2.79. The summed E-state index contributed by atoms with van der Waals surface area (Å²) in [6.07, 6.45) is 6.44. The van der Waals surface area contributed by atoms with Crippen LogP contribution in [0.3, 0.4) is 0 Å². The molecule has 0 aliphatic heterocycles. The number of nitrogens with zero attached hydrogens (tertiary/aromatic N) is 3. The second-order valence-electron chi connectivity index (χ2n) is 5.31. The Balaban J connectivity index is 1.58. The number of halogens is 2. The van der Waals surface area contributed by atoms with Gasteiger partial charge in [-0.15, -0.1) is 0 Å². The van der Waals surface area contributed by atoms with Crippen molar-refractivity contribution < 1.29 is 13.6 Å². The standard InChI is InChI=1S/C18H14F2N4O/c19-15-7-12(8-16(20)9-15)1-6-22-18(25)14-10-23-17(24-11-14)13-2-4-21-5-3-13/h2-5,7-11H,1,6H2,(H,22,25). The molecule has 5 nitrogen and oxygen atoms in total. The van der Waals surface area contributed by atoms with E-state index in [0.29, 0.717) is 23.4 Å². The second kappa shape index (κ2) is 7.57. The van der Waals surface area contributed by atoms with Gasteiger partial charge in [-0.1, -0.05) is 0 Å². The molecule has 25 heavy (non-hydrogen) atoms. The topological polar surface area (TPSA) is 67.8 Å². The molecule has 2 heterocycles. The first-order valence-electron chi connectivity index (χ1n) is 7.57. The summed E-state index contributed by atoms with van der Waals surface area (Å²) >= 11 is 0. The molecule has 1 N–H and O–H groups in total. The third-order valence-corrected chi connectivity index (χ3v) is 3.47. The number of amides is 1. The number of pyridine rings is 1. The Labute approximate surface area is 142 Å². The van der Waals surface area contributed by atoms with Crippen LogP contribution >= 0.6 is 0 Å². The minimum Gasteiger partial charge on any atom is -0.352 e. The molecular formula is C18H14F2N4O. The zero-order valence-electron chi connectivity index (χ0n) is 13.1. The third-order valence-electron chi connectivity index (χ3n) is 3.47. The zero-order valence-corrected chi connectivity index (χ0v) is 13.1. The van der Waals surface area contributed by atoms with Crippen LogP contribution in [0.2, 0.25) is 0 Å². The first kappa shape index (κ1) is 16.6. The van der Waals surface area contributed by atoms with Gasteiger partial charge in [0.15, 0.2) is 5.82 Å². The highest BCUT2D eigenvalue weighted by Gasteiger charge is 2.08. The molecule has 0 aliphatic carbocycles. The quantitative estimate of drug-likeness (QED) is 0.775. The monoisotopic (exact) mass is 340 g/mol. The number of hydrogen-bond donors (Lipinski definition) is 1. The van der Waals surface area contributed by atoms with Gasteiger partial charge in [-0.2, -0.15) is 0 Å². The van der Waals surface area contributed by atoms with E-state index in [9.17, 15) is 13.6 Å². The van der Waals surface area contributed by atoms with Crippen LogP contribution in [0.15, 0.2) is 55.1 Å². The van der Waals surface area contributed by atoms with E-state index in [1.54, 1.807) is 24.5 Å². The van der Waals surface area contributed by atoms with Crippen molar-refractivity contribution in [1.29, 1.82) is 0 Å². The Bertz CT molecular complexity index is 850. The minimum atomic E-state index is -0.638. The summed E-state index contributed by atoms with van der Waals surface area (Å²) in [5.41, 5.74) is 1.58. The molecule has 1 aromatic carbocycles. The Morgan fingerprint density at radius 1 is 1.00 bits per heavy atom. The normalized spacial score (nSPS) is 10.5. The number of carbonyl (C=O) groups is 1. The Morgan fingerprint density at radius 2 is 1.64 bits per heavy atom. The molecule has 3 aromatic rings. The van der Waals surface area contributed by atoms with Crippen LogP contribution in [0.25, 0.3) is 11.4 Å². The number of rotatable bonds is 5. The smallest absolute Gasteiger partial charge is 0.254 e. The highest BCUT2D eigenvalue weighted by Crippen LogP contribution is 2.12. The largest absolute Gasteiger partial charge is 0.352 e. The fourth-order valence-corrected chi connectivity index (χ4v) is 2.27. The summed E-state index contributed by atoms with van der Waals surface area (Å²) in [6.45, 7) is 0.244. The lowest BCUT2D eigenvalue weighted by molar-refractivity contribution is 0.0953. The van der Waals surface area contributed by atoms with Gasteiger partial charge in [-0.3, -0.25) is 9.78 Å². The molecule has 0 bridgehead atoms. The van der Waals surface area contributed by atoms with Crippen molar-refractivity contribution >= 4 is 5.91 Å². The fraction of sp³-hybridized carbons (Fsp3) is 0.111. The third kappa shape index (κ3) is 4.41. The molecule has 126 valence electrons. The molecule has 7 heteroatoms. The molecule has 0 saturated carbocycles. The maximum atomic E-state index is 13.1. The average molecular weight is 340 g/mol. The molecule has 3 rings (SSSR count). The van der Waals surface area contributed by atoms with Gasteiger partial charge in [0.1, 0.15) is 11.6 Å². The van der Waals surface area contributed by atoms with E-state index < -0.39 is 11.6 Å². The van der Waals surface area contributed by atoms with Crippen LogP contribution in [0, 0.1) is 11.6 Å². The van der Waals surface area contributed by atoms with Crippen molar-refractivity contribution in [3.05, 3.63) is 77.9 Å². The van der Waals surface area contributed by atoms with Crippen molar-refractivity contribution in [2.45, 2.75) is 6.42 Å². The lowest BCUT2D eigenvalue weighted by atomic mass is 10.1. The minimum absolute atomic E-state index is 0.244. The van der Waals surface area contributed by atoms with Crippen molar-refractivity contribution in [3.63, 3.8) is 0 Å². The summed E-state index contributed by atoms with van der Waals surface area (Å²) in [5, 5.41) is 2.67. The van der Waals surface area contributed by atoms with Crippen molar-refractivity contribution in [2.75, 3.05) is 6.54 Å². The van der Waals surface area contributed by atoms with Crippen LogP contribution in [0.1, 0.15) is 15.9 Å². The van der Waals surface area contributed by atoms with E-state index in [1.165, 1.54) is 24.5 Å². The number of aromatic nitrogens is 3. The average Bonchev–Trinajstić information content (AvgIpc) is 2.62. The van der Waals surface area contributed by atoms with Gasteiger partial charge in [0.2, 0.25) is 0 Å². The lowest BCUT2D eigenvalue weighted by Crippen LogP contribution is -2.26. The number of carbonyl (C=O) groups excluding carboxylic acids is 1. The van der Waals surface area contributed by atoms with E-state index in [0.717, 1.165) is 11.6 Å². The number of benzene rings is 1. The SMILES string of the molecule is O=C(NCCc1cc(F)cc(F)c1)c1cnc(-c2ccncc2)nc1. The summed E-state index contributed by atoms with van der Waals surface area (Å²) in [7, 11) is 0. The van der Waals surface area contributed by atoms with E-state index in [-0.39, 0.29) is 12.5 Å². The second-order valence-corrected chi connectivity index (χ2v) is 5.31. The Kier molecular flexibility index (Phi) is 5.03. The molecule has 2 aromatic heterocycles. The number of nitrogens with one attached hydrogen (secondary N) is 1. The van der Waals surface area contributed by atoms with E-state index >= 15 is 0 Å². The first-order chi connectivity index (χ1) is 12.1. The zero-order chi connectivity index (χ0) is 17.6.